The highest BCUT2D eigenvalue weighted by Gasteiger charge is 2.41. The quantitative estimate of drug-likeness (QED) is 0.278. The Morgan fingerprint density at radius 2 is 2.00 bits per heavy atom. The van der Waals surface area contributed by atoms with Gasteiger partial charge >= 0.3 is 0 Å². The first-order chi connectivity index (χ1) is 16.3. The summed E-state index contributed by atoms with van der Waals surface area (Å²) in [6.45, 7) is 8.00. The van der Waals surface area contributed by atoms with Crippen molar-refractivity contribution in [2.45, 2.75) is 32.2 Å². The van der Waals surface area contributed by atoms with E-state index < -0.39 is 0 Å². The molecule has 1 N–H and O–H groups in total. The van der Waals surface area contributed by atoms with Gasteiger partial charge in [-0.1, -0.05) is 30.3 Å². The summed E-state index contributed by atoms with van der Waals surface area (Å²) in [6, 6.07) is 17.0. The second-order valence-electron chi connectivity index (χ2n) is 8.48. The smallest absolute Gasteiger partial charge is 0.194 e. The summed E-state index contributed by atoms with van der Waals surface area (Å²) in [7, 11) is 0. The van der Waals surface area contributed by atoms with Crippen molar-refractivity contribution < 1.29 is 4.74 Å². The molecule has 1 aromatic carbocycles. The highest BCUT2D eigenvalue weighted by atomic mass is 127. The zero-order valence-corrected chi connectivity index (χ0v) is 21.8. The van der Waals surface area contributed by atoms with E-state index in [-0.39, 0.29) is 30.1 Å². The molecule has 8 nitrogen and oxygen atoms in total. The van der Waals surface area contributed by atoms with Gasteiger partial charge in [-0.2, -0.15) is 5.10 Å². The molecular formula is C25H32IN7O. The summed E-state index contributed by atoms with van der Waals surface area (Å²) in [5, 5.41) is 7.75. The molecule has 0 spiro atoms. The van der Waals surface area contributed by atoms with Crippen LogP contribution in [0.4, 0.5) is 0 Å². The fraction of sp³-hybridized carbons (Fsp3) is 0.400. The number of benzene rings is 1. The lowest BCUT2D eigenvalue weighted by atomic mass is 10.1. The van der Waals surface area contributed by atoms with Crippen LogP contribution in [-0.4, -0.2) is 75.5 Å². The topological polar surface area (TPSA) is 70.8 Å². The van der Waals surface area contributed by atoms with Crippen molar-refractivity contribution in [2.24, 2.45) is 4.99 Å². The van der Waals surface area contributed by atoms with E-state index in [1.54, 1.807) is 10.9 Å². The third kappa shape index (κ3) is 5.76. The van der Waals surface area contributed by atoms with Crippen LogP contribution in [0, 0.1) is 0 Å². The standard InChI is InChI=1S/C25H31N7O.HI/c1-2-26-25(28-16-21-9-11-27-24(15-21)32-12-6-10-29-32)31-18-22-23(19-31)33-14-13-30(22)17-20-7-4-3-5-8-20;/h3-12,15,22-23H,2,13-14,16-19H2,1H3,(H,26,28);1H. The lowest BCUT2D eigenvalue weighted by molar-refractivity contribution is -0.0502. The molecule has 2 aliphatic heterocycles. The Balaban J connectivity index is 0.00000274. The predicted octanol–water partition coefficient (Wildman–Crippen LogP) is 2.94. The van der Waals surface area contributed by atoms with Gasteiger partial charge in [-0.15, -0.1) is 24.0 Å². The molecule has 2 fully saturated rings. The molecule has 0 amide bonds. The molecule has 0 radical (unpaired) electrons. The van der Waals surface area contributed by atoms with Crippen LogP contribution in [0.15, 0.2) is 72.1 Å². The maximum atomic E-state index is 6.16. The Bertz CT molecular complexity index is 1060. The summed E-state index contributed by atoms with van der Waals surface area (Å²) in [6.07, 6.45) is 5.67. The number of aliphatic imine (C=N–C) groups is 1. The first kappa shape index (κ1) is 24.6. The Morgan fingerprint density at radius 1 is 1.12 bits per heavy atom. The largest absolute Gasteiger partial charge is 0.373 e. The zero-order chi connectivity index (χ0) is 22.5. The Labute approximate surface area is 218 Å². The fourth-order valence-corrected chi connectivity index (χ4v) is 4.63. The van der Waals surface area contributed by atoms with E-state index in [1.165, 1.54) is 5.56 Å². The normalized spacial score (nSPS) is 20.6. The lowest BCUT2D eigenvalue weighted by Crippen LogP contribution is -2.50. The van der Waals surface area contributed by atoms with Gasteiger partial charge in [-0.05, 0) is 36.2 Å². The molecule has 2 atom stereocenters. The molecule has 0 aliphatic carbocycles. The number of pyridine rings is 1. The van der Waals surface area contributed by atoms with Gasteiger partial charge in [0.25, 0.3) is 0 Å². The number of aromatic nitrogens is 3. The number of ether oxygens (including phenoxy) is 1. The van der Waals surface area contributed by atoms with Crippen molar-refractivity contribution in [3.8, 4) is 5.82 Å². The molecule has 2 aliphatic rings. The average molecular weight is 573 g/mol. The average Bonchev–Trinajstić information content (AvgIpc) is 3.54. The molecule has 2 unspecified atom stereocenters. The SMILES string of the molecule is CCNC(=NCc1ccnc(-n2cccn2)c1)N1CC2OCCN(Cc3ccccc3)C2C1.I. The van der Waals surface area contributed by atoms with Crippen molar-refractivity contribution in [1.82, 2.24) is 29.9 Å². The molecule has 9 heteroatoms. The molecule has 0 saturated carbocycles. The van der Waals surface area contributed by atoms with Crippen molar-refractivity contribution in [3.05, 3.63) is 78.2 Å². The third-order valence-corrected chi connectivity index (χ3v) is 6.24. The zero-order valence-electron chi connectivity index (χ0n) is 19.5. The van der Waals surface area contributed by atoms with E-state index >= 15 is 0 Å². The van der Waals surface area contributed by atoms with Gasteiger partial charge < -0.3 is 15.0 Å². The van der Waals surface area contributed by atoms with E-state index in [4.69, 9.17) is 9.73 Å². The van der Waals surface area contributed by atoms with Crippen LogP contribution in [0.2, 0.25) is 0 Å². The van der Waals surface area contributed by atoms with E-state index in [2.05, 4.69) is 62.5 Å². The molecule has 34 heavy (non-hydrogen) atoms. The molecular weight excluding hydrogens is 541 g/mol. The molecule has 180 valence electrons. The number of rotatable bonds is 6. The Morgan fingerprint density at radius 3 is 2.79 bits per heavy atom. The summed E-state index contributed by atoms with van der Waals surface area (Å²) in [5.41, 5.74) is 2.45. The van der Waals surface area contributed by atoms with Gasteiger partial charge in [0.2, 0.25) is 0 Å². The molecule has 2 aromatic heterocycles. The number of guanidine groups is 1. The van der Waals surface area contributed by atoms with Crippen molar-refractivity contribution in [1.29, 1.82) is 0 Å². The van der Waals surface area contributed by atoms with Crippen LogP contribution in [-0.2, 0) is 17.8 Å². The van der Waals surface area contributed by atoms with Gasteiger partial charge in [0.05, 0.1) is 25.3 Å². The third-order valence-electron chi connectivity index (χ3n) is 6.24. The van der Waals surface area contributed by atoms with E-state index in [0.717, 1.165) is 56.7 Å². The summed E-state index contributed by atoms with van der Waals surface area (Å²) in [5.74, 6) is 1.74. The van der Waals surface area contributed by atoms with Crippen LogP contribution in [0.25, 0.3) is 5.82 Å². The van der Waals surface area contributed by atoms with Gasteiger partial charge in [0.15, 0.2) is 11.8 Å². The molecule has 0 bridgehead atoms. The number of halogens is 1. The molecule has 4 heterocycles. The van der Waals surface area contributed by atoms with Crippen LogP contribution in [0.5, 0.6) is 0 Å². The van der Waals surface area contributed by atoms with E-state index in [0.29, 0.717) is 12.6 Å². The van der Waals surface area contributed by atoms with Crippen LogP contribution in [0.1, 0.15) is 18.1 Å². The molecule has 5 rings (SSSR count). The van der Waals surface area contributed by atoms with Crippen molar-refractivity contribution in [3.63, 3.8) is 0 Å². The van der Waals surface area contributed by atoms with Gasteiger partial charge in [-0.25, -0.2) is 14.7 Å². The fourth-order valence-electron chi connectivity index (χ4n) is 4.63. The van der Waals surface area contributed by atoms with Gasteiger partial charge in [-0.3, -0.25) is 4.90 Å². The number of nitrogens with zero attached hydrogens (tertiary/aromatic N) is 6. The van der Waals surface area contributed by atoms with Gasteiger partial charge in [0, 0.05) is 51.3 Å². The molecule has 2 saturated heterocycles. The first-order valence-corrected chi connectivity index (χ1v) is 11.7. The number of hydrogen-bond donors (Lipinski definition) is 1. The Kier molecular flexibility index (Phi) is 8.52. The summed E-state index contributed by atoms with van der Waals surface area (Å²) in [4.78, 5) is 14.3. The number of hydrogen-bond acceptors (Lipinski definition) is 5. The monoisotopic (exact) mass is 573 g/mol. The maximum absolute atomic E-state index is 6.16. The molecule has 3 aromatic rings. The van der Waals surface area contributed by atoms with Crippen LogP contribution in [0.3, 0.4) is 0 Å². The highest BCUT2D eigenvalue weighted by Crippen LogP contribution is 2.25. The number of fused-ring (bicyclic) bond motifs is 1. The second-order valence-corrected chi connectivity index (χ2v) is 8.48. The lowest BCUT2D eigenvalue weighted by Gasteiger charge is -2.36. The van der Waals surface area contributed by atoms with E-state index in [1.807, 2.05) is 30.6 Å². The van der Waals surface area contributed by atoms with Crippen molar-refractivity contribution in [2.75, 3.05) is 32.8 Å². The number of likely N-dealkylation sites (tertiary alicyclic amines) is 1. The van der Waals surface area contributed by atoms with Crippen LogP contribution >= 0.6 is 24.0 Å². The minimum absolute atomic E-state index is 0. The van der Waals surface area contributed by atoms with Crippen molar-refractivity contribution >= 4 is 29.9 Å². The summed E-state index contributed by atoms with van der Waals surface area (Å²) < 4.78 is 7.93. The Hall–Kier alpha value is -2.50. The second kappa shape index (κ2) is 11.8. The first-order valence-electron chi connectivity index (χ1n) is 11.7. The highest BCUT2D eigenvalue weighted by molar-refractivity contribution is 14.0. The minimum atomic E-state index is 0. The van der Waals surface area contributed by atoms with Crippen LogP contribution < -0.4 is 5.32 Å². The number of nitrogens with one attached hydrogen (secondary N) is 1. The number of morpholine rings is 1. The van der Waals surface area contributed by atoms with E-state index in [9.17, 15) is 0 Å². The van der Waals surface area contributed by atoms with Gasteiger partial charge in [0.1, 0.15) is 0 Å². The predicted molar refractivity (Wildman–Crippen MR) is 144 cm³/mol. The minimum Gasteiger partial charge on any atom is -0.373 e. The summed E-state index contributed by atoms with van der Waals surface area (Å²) >= 11 is 0. The maximum Gasteiger partial charge on any atom is 0.194 e.